The van der Waals surface area contributed by atoms with Crippen LogP contribution < -0.4 is 9.64 Å². The third-order valence-corrected chi connectivity index (χ3v) is 6.04. The Morgan fingerprint density at radius 3 is 2.39 bits per heavy atom. The fourth-order valence-electron chi connectivity index (χ4n) is 4.24. The van der Waals surface area contributed by atoms with Crippen LogP contribution in [0.5, 0.6) is 5.75 Å². The van der Waals surface area contributed by atoms with Crippen LogP contribution in [0.15, 0.2) is 48.5 Å². The second kappa shape index (κ2) is 9.95. The lowest BCUT2D eigenvalue weighted by molar-refractivity contribution is -0.123. The van der Waals surface area contributed by atoms with Crippen molar-refractivity contribution in [2.45, 2.75) is 31.7 Å². The van der Waals surface area contributed by atoms with Crippen molar-refractivity contribution in [3.8, 4) is 5.75 Å². The van der Waals surface area contributed by atoms with Crippen LogP contribution in [0.1, 0.15) is 46.4 Å². The van der Waals surface area contributed by atoms with E-state index in [1.165, 1.54) is 24.1 Å². The summed E-state index contributed by atoms with van der Waals surface area (Å²) in [6.07, 6.45) is 3.40. The Kier molecular flexibility index (Phi) is 6.84. The average molecular weight is 450 g/mol. The number of ketones is 1. The molecule has 8 heteroatoms. The molecule has 0 bridgehead atoms. The number of piperidine rings is 1. The van der Waals surface area contributed by atoms with Gasteiger partial charge >= 0.3 is 5.97 Å². The number of carbonyl (C=O) groups is 4. The predicted molar refractivity (Wildman–Crippen MR) is 120 cm³/mol. The Hall–Kier alpha value is -3.52. The van der Waals surface area contributed by atoms with Crippen molar-refractivity contribution in [3.63, 3.8) is 0 Å². The summed E-state index contributed by atoms with van der Waals surface area (Å²) < 4.78 is 10.2. The number of esters is 1. The summed E-state index contributed by atoms with van der Waals surface area (Å²) in [5.41, 5.74) is 1.03. The van der Waals surface area contributed by atoms with Gasteiger partial charge in [0.05, 0.1) is 30.8 Å². The number of benzene rings is 2. The maximum atomic E-state index is 12.9. The van der Waals surface area contributed by atoms with Crippen LogP contribution in [-0.4, -0.2) is 61.3 Å². The third-order valence-electron chi connectivity index (χ3n) is 6.04. The van der Waals surface area contributed by atoms with E-state index in [1.807, 2.05) is 0 Å². The number of amides is 2. The molecule has 172 valence electrons. The van der Waals surface area contributed by atoms with Crippen LogP contribution in [0.4, 0.5) is 5.69 Å². The summed E-state index contributed by atoms with van der Waals surface area (Å²) in [4.78, 5) is 53.4. The quantitative estimate of drug-likeness (QED) is 0.364. The van der Waals surface area contributed by atoms with Crippen molar-refractivity contribution < 1.29 is 28.7 Å². The van der Waals surface area contributed by atoms with E-state index < -0.39 is 18.6 Å². The highest BCUT2D eigenvalue weighted by molar-refractivity contribution is 6.22. The summed E-state index contributed by atoms with van der Waals surface area (Å²) >= 11 is 0. The van der Waals surface area contributed by atoms with Gasteiger partial charge in [-0.1, -0.05) is 18.6 Å². The number of hydrogen-bond acceptors (Lipinski definition) is 7. The highest BCUT2D eigenvalue weighted by Gasteiger charge is 2.42. The van der Waals surface area contributed by atoms with Crippen LogP contribution in [0.2, 0.25) is 0 Å². The largest absolute Gasteiger partial charge is 0.497 e. The molecule has 0 aromatic heterocycles. The van der Waals surface area contributed by atoms with Crippen LogP contribution in [0, 0.1) is 0 Å². The molecule has 2 aromatic rings. The molecule has 0 spiro atoms. The van der Waals surface area contributed by atoms with Gasteiger partial charge in [-0.15, -0.1) is 0 Å². The van der Waals surface area contributed by atoms with Gasteiger partial charge in [0.2, 0.25) is 5.91 Å². The highest BCUT2D eigenvalue weighted by atomic mass is 16.5. The third kappa shape index (κ3) is 4.96. The fraction of sp³-hybridized carbons (Fsp3) is 0.360. The Balaban J connectivity index is 1.37. The molecular formula is C25H26N2O6. The SMILES string of the molecule is COc1cccc(C(=O)COC(=O)c2ccc(N3C(=O)CC(N4CCCCC4)C3=O)cc2)c1. The molecule has 4 rings (SSSR count). The number of nitrogens with zero attached hydrogens (tertiary/aromatic N) is 2. The number of anilines is 1. The highest BCUT2D eigenvalue weighted by Crippen LogP contribution is 2.27. The van der Waals surface area contributed by atoms with Gasteiger partial charge in [0.25, 0.3) is 5.91 Å². The van der Waals surface area contributed by atoms with Crippen LogP contribution in [0.25, 0.3) is 0 Å². The molecule has 2 fully saturated rings. The van der Waals surface area contributed by atoms with Crippen molar-refractivity contribution in [3.05, 3.63) is 59.7 Å². The summed E-state index contributed by atoms with van der Waals surface area (Å²) in [5, 5.41) is 0. The van der Waals surface area contributed by atoms with E-state index in [-0.39, 0.29) is 29.6 Å². The average Bonchev–Trinajstić information content (AvgIpc) is 3.16. The predicted octanol–water partition coefficient (Wildman–Crippen LogP) is 2.85. The molecule has 2 aromatic carbocycles. The first-order valence-electron chi connectivity index (χ1n) is 11.0. The molecule has 33 heavy (non-hydrogen) atoms. The Bertz CT molecular complexity index is 1060. The zero-order valence-electron chi connectivity index (χ0n) is 18.5. The molecular weight excluding hydrogens is 424 g/mol. The minimum atomic E-state index is -0.664. The number of carbonyl (C=O) groups excluding carboxylic acids is 4. The normalized spacial score (nSPS) is 18.9. The van der Waals surface area contributed by atoms with Crippen molar-refractivity contribution in [1.29, 1.82) is 0 Å². The summed E-state index contributed by atoms with van der Waals surface area (Å²) in [5.74, 6) is -0.939. The Labute approximate surface area is 192 Å². The van der Waals surface area contributed by atoms with Crippen LogP contribution in [-0.2, 0) is 14.3 Å². The van der Waals surface area contributed by atoms with E-state index in [0.29, 0.717) is 17.0 Å². The van der Waals surface area contributed by atoms with Gasteiger partial charge in [-0.25, -0.2) is 9.69 Å². The van der Waals surface area contributed by atoms with E-state index in [1.54, 1.807) is 36.4 Å². The van der Waals surface area contributed by atoms with Gasteiger partial charge in [-0.05, 0) is 62.3 Å². The summed E-state index contributed by atoms with van der Waals surface area (Å²) in [7, 11) is 1.50. The molecule has 2 saturated heterocycles. The second-order valence-corrected chi connectivity index (χ2v) is 8.16. The van der Waals surface area contributed by atoms with E-state index in [2.05, 4.69) is 4.90 Å². The van der Waals surface area contributed by atoms with Crippen molar-refractivity contribution in [2.24, 2.45) is 0 Å². The zero-order valence-corrected chi connectivity index (χ0v) is 18.5. The summed E-state index contributed by atoms with van der Waals surface area (Å²) in [6, 6.07) is 12.3. The number of hydrogen-bond donors (Lipinski definition) is 0. The fourth-order valence-corrected chi connectivity index (χ4v) is 4.24. The van der Waals surface area contributed by atoms with E-state index >= 15 is 0 Å². The number of rotatable bonds is 7. The molecule has 0 aliphatic carbocycles. The minimum Gasteiger partial charge on any atom is -0.497 e. The summed E-state index contributed by atoms with van der Waals surface area (Å²) in [6.45, 7) is 1.25. The Morgan fingerprint density at radius 2 is 1.70 bits per heavy atom. The van der Waals surface area contributed by atoms with Gasteiger partial charge in [0.1, 0.15) is 5.75 Å². The van der Waals surface area contributed by atoms with Gasteiger partial charge in [0, 0.05) is 5.56 Å². The van der Waals surface area contributed by atoms with Gasteiger partial charge in [0.15, 0.2) is 12.4 Å². The molecule has 2 aliphatic heterocycles. The monoisotopic (exact) mass is 450 g/mol. The first-order chi connectivity index (χ1) is 16.0. The smallest absolute Gasteiger partial charge is 0.338 e. The van der Waals surface area contributed by atoms with Gasteiger partial charge in [-0.3, -0.25) is 19.3 Å². The Morgan fingerprint density at radius 1 is 0.970 bits per heavy atom. The molecule has 1 unspecified atom stereocenters. The standard InChI is InChI=1S/C25H26N2O6/c1-32-20-7-5-6-18(14-20)22(28)16-33-25(31)17-8-10-19(11-9-17)27-23(29)15-21(24(27)30)26-12-3-2-4-13-26/h5-11,14,21H,2-4,12-13,15-16H2,1H3. The second-order valence-electron chi connectivity index (χ2n) is 8.16. The maximum Gasteiger partial charge on any atom is 0.338 e. The first-order valence-corrected chi connectivity index (χ1v) is 11.0. The molecule has 0 saturated carbocycles. The van der Waals surface area contributed by atoms with Gasteiger partial charge < -0.3 is 9.47 Å². The van der Waals surface area contributed by atoms with Gasteiger partial charge in [-0.2, -0.15) is 0 Å². The van der Waals surface area contributed by atoms with E-state index in [4.69, 9.17) is 9.47 Å². The first kappa shape index (κ1) is 22.7. The lowest BCUT2D eigenvalue weighted by Crippen LogP contribution is -2.44. The molecule has 0 radical (unpaired) electrons. The lowest BCUT2D eigenvalue weighted by atomic mass is 10.1. The molecule has 2 heterocycles. The van der Waals surface area contributed by atoms with E-state index in [0.717, 1.165) is 32.4 Å². The van der Waals surface area contributed by atoms with E-state index in [9.17, 15) is 19.2 Å². The maximum absolute atomic E-state index is 12.9. The number of ether oxygens (including phenoxy) is 2. The number of Topliss-reactive ketones (excluding diaryl/α,β-unsaturated/α-hetero) is 1. The topological polar surface area (TPSA) is 93.2 Å². The molecule has 1 atom stereocenters. The minimum absolute atomic E-state index is 0.176. The molecule has 8 nitrogen and oxygen atoms in total. The van der Waals surface area contributed by atoms with Crippen LogP contribution >= 0.6 is 0 Å². The van der Waals surface area contributed by atoms with Crippen molar-refractivity contribution in [2.75, 3.05) is 31.7 Å². The van der Waals surface area contributed by atoms with Crippen molar-refractivity contribution in [1.82, 2.24) is 4.90 Å². The molecule has 2 amide bonds. The number of likely N-dealkylation sites (tertiary alicyclic amines) is 1. The van der Waals surface area contributed by atoms with Crippen LogP contribution in [0.3, 0.4) is 0 Å². The lowest BCUT2D eigenvalue weighted by Gasteiger charge is -2.30. The van der Waals surface area contributed by atoms with Crippen molar-refractivity contribution >= 4 is 29.3 Å². The zero-order chi connectivity index (χ0) is 23.4. The number of imide groups is 1. The molecule has 2 aliphatic rings. The number of methoxy groups -OCH3 is 1. The molecule has 0 N–H and O–H groups in total.